The Kier molecular flexibility index (Phi) is 26.5. The first-order valence-electron chi connectivity index (χ1n) is 29.0. The van der Waals surface area contributed by atoms with Gasteiger partial charge in [-0.3, -0.25) is 53.4 Å². The highest BCUT2D eigenvalue weighted by molar-refractivity contribution is 5.98. The molecule has 0 radical (unpaired) electrons. The van der Waals surface area contributed by atoms with Gasteiger partial charge in [-0.05, 0) is 86.3 Å². The SMILES string of the molecule is CNC(=N)NCCC[C@H](NC(=O)[C@H](CC(C)C)NC(=O)CCC[C@H](Cc1ccccc1)NC(=O)[C@@H](NC(=O)[C@H](CC(N)=O)NC(=O)[C@@H]1C[C@@H](O)CN1C(=O)[C@@H](Cc1ccc(O)cc1)NC(C)=O)[C@@H](C)O)C(=O)N[C@@H](Cc1c[nH]c2ccccc12)C(N)=O. The number of H-pyrrole nitrogens is 1. The van der Waals surface area contributed by atoms with Gasteiger partial charge in [0.05, 0.1) is 18.6 Å². The molecule has 2 heterocycles. The van der Waals surface area contributed by atoms with Crippen molar-refractivity contribution >= 4 is 75.9 Å². The molecular weight excluding hydrogens is 1120 g/mol. The van der Waals surface area contributed by atoms with Gasteiger partial charge in [0.1, 0.15) is 48.0 Å². The normalized spacial score (nSPS) is 16.5. The number of carbonyl (C=O) groups excluding carboxylic acids is 10. The number of primary amides is 2. The van der Waals surface area contributed by atoms with Crippen molar-refractivity contribution in [3.8, 4) is 5.75 Å². The molecule has 1 saturated heterocycles. The van der Waals surface area contributed by atoms with Crippen LogP contribution in [0.3, 0.4) is 0 Å². The van der Waals surface area contributed by atoms with E-state index in [0.29, 0.717) is 12.0 Å². The summed E-state index contributed by atoms with van der Waals surface area (Å²) in [5.74, 6) is -8.07. The average Bonchev–Trinajstić information content (AvgIpc) is 2.36. The fourth-order valence-corrected chi connectivity index (χ4v) is 10.2. The lowest BCUT2D eigenvalue weighted by Gasteiger charge is -2.30. The number of aliphatic hydroxyl groups excluding tert-OH is 2. The van der Waals surface area contributed by atoms with Crippen LogP contribution in [0.2, 0.25) is 0 Å². The van der Waals surface area contributed by atoms with Crippen LogP contribution in [0.1, 0.15) is 95.8 Å². The number of amides is 10. The molecule has 18 N–H and O–H groups in total. The number of aromatic hydroxyl groups is 1. The number of aliphatic hydroxyl groups is 2. The van der Waals surface area contributed by atoms with E-state index in [1.165, 1.54) is 26.0 Å². The minimum atomic E-state index is -1.75. The third-order valence-electron chi connectivity index (χ3n) is 14.6. The van der Waals surface area contributed by atoms with Gasteiger partial charge in [-0.2, -0.15) is 0 Å². The van der Waals surface area contributed by atoms with Crippen molar-refractivity contribution in [3.05, 3.63) is 102 Å². The number of benzene rings is 3. The Hall–Kier alpha value is -9.11. The number of nitrogens with one attached hydrogen (secondary N) is 11. The number of fused-ring (bicyclic) bond motifs is 1. The zero-order valence-electron chi connectivity index (χ0n) is 49.7. The Morgan fingerprint density at radius 2 is 1.34 bits per heavy atom. The molecule has 4 aromatic rings. The Labute approximate surface area is 504 Å². The minimum Gasteiger partial charge on any atom is -0.508 e. The van der Waals surface area contributed by atoms with Gasteiger partial charge in [0.2, 0.25) is 59.1 Å². The second-order valence-corrected chi connectivity index (χ2v) is 22.3. The maximum atomic E-state index is 14.2. The highest BCUT2D eigenvalue weighted by Gasteiger charge is 2.43. The van der Waals surface area contributed by atoms with Crippen molar-refractivity contribution < 1.29 is 63.3 Å². The molecule has 472 valence electrons. The zero-order valence-corrected chi connectivity index (χ0v) is 49.7. The van der Waals surface area contributed by atoms with Crippen LogP contribution < -0.4 is 59.3 Å². The third kappa shape index (κ3) is 22.0. The van der Waals surface area contributed by atoms with Gasteiger partial charge in [0, 0.05) is 75.9 Å². The number of nitrogens with zero attached hydrogens (tertiary/aromatic N) is 1. The van der Waals surface area contributed by atoms with E-state index in [1.54, 1.807) is 43.6 Å². The van der Waals surface area contributed by atoms with E-state index in [0.717, 1.165) is 26.9 Å². The Bertz CT molecular complexity index is 3030. The average molecular weight is 1210 g/mol. The number of hydrogen-bond donors (Lipinski definition) is 16. The standard InChI is InChI=1S/C60H84N14O13/c1-33(2)25-46(55(83)70-44(18-12-24-65-60(63)64-5)54(82)71-45(53(62)81)28-38-31-66-43-17-10-9-16-42(38)43)69-51(80)19-11-15-39(26-36-13-7-6-8-14-36)68-58(86)52(34(3)75)73-56(84)47(30-50(61)79)72-57(85)49-29-41(78)32-74(49)59(87)48(67-35(4)76)27-37-20-22-40(77)23-21-37/h6-10,13-14,16-17,20-23,31,33-34,39,41,44-49,52,66,75,77-78H,11-12,15,18-19,24-30,32H2,1-5H3,(H2,61,79)(H2,62,81)(H,67,76)(H,68,86)(H,69,80)(H,70,83)(H,71,82)(H,72,85)(H,73,84)(H3,63,64,65)/t34-,39-,41-,44+,45+,46+,47+,48-,49+,52+/m1/s1. The van der Waals surface area contributed by atoms with Gasteiger partial charge in [-0.1, -0.05) is 74.5 Å². The molecular formula is C60H84N14O13. The summed E-state index contributed by atoms with van der Waals surface area (Å²) < 4.78 is 0. The molecule has 3 aromatic carbocycles. The zero-order chi connectivity index (χ0) is 63.9. The van der Waals surface area contributed by atoms with Crippen LogP contribution in [-0.2, 0) is 67.2 Å². The molecule has 0 saturated carbocycles. The van der Waals surface area contributed by atoms with Crippen molar-refractivity contribution in [3.63, 3.8) is 0 Å². The number of aromatic nitrogens is 1. The summed E-state index contributed by atoms with van der Waals surface area (Å²) in [7, 11) is 1.57. The van der Waals surface area contributed by atoms with Crippen LogP contribution in [0.25, 0.3) is 10.9 Å². The van der Waals surface area contributed by atoms with Gasteiger partial charge in [-0.15, -0.1) is 0 Å². The lowest BCUT2D eigenvalue weighted by atomic mass is 9.99. The third-order valence-corrected chi connectivity index (χ3v) is 14.6. The molecule has 27 heteroatoms. The quantitative estimate of drug-likeness (QED) is 0.0151. The Morgan fingerprint density at radius 1 is 0.701 bits per heavy atom. The molecule has 27 nitrogen and oxygen atoms in total. The number of aromatic amines is 1. The molecule has 1 aliphatic rings. The summed E-state index contributed by atoms with van der Waals surface area (Å²) >= 11 is 0. The molecule has 0 unspecified atom stereocenters. The summed E-state index contributed by atoms with van der Waals surface area (Å²) in [5.41, 5.74) is 14.2. The molecule has 0 spiro atoms. The number of β-amino-alcohol motifs (C(OH)–C–C–N with tert-alkyl or cyclic N) is 1. The van der Waals surface area contributed by atoms with Gasteiger partial charge in [0.25, 0.3) is 0 Å². The number of hydrogen-bond acceptors (Lipinski definition) is 14. The van der Waals surface area contributed by atoms with Crippen LogP contribution >= 0.6 is 0 Å². The second-order valence-electron chi connectivity index (χ2n) is 22.3. The predicted octanol–water partition coefficient (Wildman–Crippen LogP) is -1.24. The van der Waals surface area contributed by atoms with E-state index in [2.05, 4.69) is 52.8 Å². The first-order chi connectivity index (χ1) is 41.3. The molecule has 10 amide bonds. The molecule has 5 rings (SSSR count). The van der Waals surface area contributed by atoms with Crippen molar-refractivity contribution in [2.24, 2.45) is 17.4 Å². The number of rotatable bonds is 33. The van der Waals surface area contributed by atoms with Crippen molar-refractivity contribution in [2.75, 3.05) is 20.1 Å². The second kappa shape index (κ2) is 33.5. The number of carbonyl (C=O) groups is 10. The number of guanidine groups is 1. The summed E-state index contributed by atoms with van der Waals surface area (Å²) in [6, 6.07) is 12.1. The van der Waals surface area contributed by atoms with E-state index >= 15 is 0 Å². The summed E-state index contributed by atoms with van der Waals surface area (Å²) in [6.07, 6.45) is -1.15. The predicted molar refractivity (Wildman–Crippen MR) is 321 cm³/mol. The van der Waals surface area contributed by atoms with Gasteiger partial charge in [0.15, 0.2) is 5.96 Å². The van der Waals surface area contributed by atoms with Crippen molar-refractivity contribution in [1.29, 1.82) is 5.41 Å². The summed E-state index contributed by atoms with van der Waals surface area (Å²) in [6.45, 7) is 6.06. The fourth-order valence-electron chi connectivity index (χ4n) is 10.2. The van der Waals surface area contributed by atoms with Crippen molar-refractivity contribution in [1.82, 2.24) is 57.7 Å². The molecule has 0 bridgehead atoms. The molecule has 1 aliphatic heterocycles. The maximum absolute atomic E-state index is 14.2. The number of para-hydroxylation sites is 1. The number of likely N-dealkylation sites (tertiary alicyclic amines) is 1. The van der Waals surface area contributed by atoms with Gasteiger partial charge in [-0.25, -0.2) is 0 Å². The maximum Gasteiger partial charge on any atom is 0.246 e. The lowest BCUT2D eigenvalue weighted by Crippen LogP contribution is -2.60. The molecule has 1 fully saturated rings. The summed E-state index contributed by atoms with van der Waals surface area (Å²) in [5, 5.41) is 64.2. The highest BCUT2D eigenvalue weighted by atomic mass is 16.3. The van der Waals surface area contributed by atoms with Crippen LogP contribution in [-0.4, -0.2) is 171 Å². The van der Waals surface area contributed by atoms with Gasteiger partial charge < -0.3 is 84.5 Å². The van der Waals surface area contributed by atoms with Gasteiger partial charge >= 0.3 is 0 Å². The monoisotopic (exact) mass is 1210 g/mol. The fraction of sp³-hybridized carbons (Fsp3) is 0.483. The van der Waals surface area contributed by atoms with Crippen LogP contribution in [0.4, 0.5) is 0 Å². The molecule has 87 heavy (non-hydrogen) atoms. The first-order valence-corrected chi connectivity index (χ1v) is 29.0. The first kappa shape index (κ1) is 68.7. The van der Waals surface area contributed by atoms with E-state index in [-0.39, 0.29) is 88.5 Å². The molecule has 0 aliphatic carbocycles. The van der Waals surface area contributed by atoms with E-state index in [1.807, 2.05) is 50.2 Å². The smallest absolute Gasteiger partial charge is 0.246 e. The molecule has 10 atom stereocenters. The highest BCUT2D eigenvalue weighted by Crippen LogP contribution is 2.23. The largest absolute Gasteiger partial charge is 0.508 e. The van der Waals surface area contributed by atoms with Crippen LogP contribution in [0.5, 0.6) is 5.75 Å². The Balaban J connectivity index is 1.25. The molecule has 1 aromatic heterocycles. The van der Waals surface area contributed by atoms with E-state index < -0.39 is 126 Å². The summed E-state index contributed by atoms with van der Waals surface area (Å²) in [4.78, 5) is 140. The minimum absolute atomic E-state index is 0.0310. The Morgan fingerprint density at radius 3 is 1.99 bits per heavy atom. The van der Waals surface area contributed by atoms with Crippen LogP contribution in [0.15, 0.2) is 85.1 Å². The van der Waals surface area contributed by atoms with Crippen molar-refractivity contribution in [2.45, 2.75) is 159 Å². The number of phenols is 1. The van der Waals surface area contributed by atoms with Crippen LogP contribution in [0, 0.1) is 11.3 Å². The van der Waals surface area contributed by atoms with E-state index in [9.17, 15) is 63.3 Å². The van der Waals surface area contributed by atoms with E-state index in [4.69, 9.17) is 16.9 Å². The topological polar surface area (TPSA) is 435 Å². The lowest BCUT2D eigenvalue weighted by molar-refractivity contribution is -0.142. The number of phenolic OH excluding ortho intramolecular Hbond substituents is 1. The number of nitrogens with two attached hydrogens (primary N) is 2.